The van der Waals surface area contributed by atoms with Crippen molar-refractivity contribution in [2.75, 3.05) is 11.9 Å². The van der Waals surface area contributed by atoms with E-state index < -0.39 is 0 Å². The number of para-hydroxylation sites is 2. The lowest BCUT2D eigenvalue weighted by atomic mass is 9.79. The van der Waals surface area contributed by atoms with E-state index >= 15 is 0 Å². The summed E-state index contributed by atoms with van der Waals surface area (Å²) in [4.78, 5) is 3.85. The van der Waals surface area contributed by atoms with Crippen molar-refractivity contribution in [2.24, 2.45) is 0 Å². The van der Waals surface area contributed by atoms with E-state index in [1.807, 2.05) is 11.8 Å². The quantitative estimate of drug-likeness (QED) is 0.180. The lowest BCUT2D eigenvalue weighted by molar-refractivity contribution is 0.667. The number of thioether (sulfide) groups is 1. The highest BCUT2D eigenvalue weighted by atomic mass is 32.2. The second-order valence-electron chi connectivity index (χ2n) is 13.4. The Morgan fingerprint density at radius 2 is 1.33 bits per heavy atom. The molecule has 1 unspecified atom stereocenters. The molecular weight excluding hydrogens is 577 g/mol. The van der Waals surface area contributed by atoms with Crippen LogP contribution >= 0.6 is 11.8 Å². The van der Waals surface area contributed by atoms with Crippen LogP contribution in [0.3, 0.4) is 0 Å². The second kappa shape index (κ2) is 9.28. The zero-order valence-corrected chi connectivity index (χ0v) is 26.9. The molecule has 0 N–H and O–H groups in total. The summed E-state index contributed by atoms with van der Waals surface area (Å²) >= 11 is 1.96. The Labute approximate surface area is 272 Å². The molecule has 3 heteroatoms. The van der Waals surface area contributed by atoms with Gasteiger partial charge in [0.25, 0.3) is 0 Å². The molecule has 1 atom stereocenters. The van der Waals surface area contributed by atoms with Gasteiger partial charge in [-0.3, -0.25) is 0 Å². The fraction of sp³-hybridized carbons (Fsp3) is 0.116. The van der Waals surface area contributed by atoms with Crippen molar-refractivity contribution >= 4 is 60.8 Å². The van der Waals surface area contributed by atoms with Gasteiger partial charge in [-0.15, -0.1) is 0 Å². The first kappa shape index (κ1) is 26.2. The monoisotopic (exact) mass is 608 g/mol. The van der Waals surface area contributed by atoms with Crippen LogP contribution in [0.15, 0.2) is 138 Å². The van der Waals surface area contributed by atoms with Gasteiger partial charge in [0, 0.05) is 39.2 Å². The van der Waals surface area contributed by atoms with E-state index in [1.54, 1.807) is 0 Å². The molecule has 1 aliphatic carbocycles. The van der Waals surface area contributed by atoms with Gasteiger partial charge < -0.3 is 9.47 Å². The molecule has 220 valence electrons. The Balaban J connectivity index is 1.23. The smallest absolute Gasteiger partial charge is 0.105 e. The summed E-state index contributed by atoms with van der Waals surface area (Å²) in [7, 11) is 2.27. The summed E-state index contributed by atoms with van der Waals surface area (Å²) in [6, 6.07) is 49.6. The molecule has 8 aromatic rings. The van der Waals surface area contributed by atoms with Crippen LogP contribution in [0.5, 0.6) is 0 Å². The minimum absolute atomic E-state index is 0.169. The molecule has 2 nitrogen and oxygen atoms in total. The summed E-state index contributed by atoms with van der Waals surface area (Å²) in [6.45, 7) is 4.86. The highest BCUT2D eigenvalue weighted by molar-refractivity contribution is 8.00. The van der Waals surface area contributed by atoms with Gasteiger partial charge in [0.15, 0.2) is 0 Å². The maximum atomic E-state index is 2.53. The van der Waals surface area contributed by atoms with Gasteiger partial charge in [0.1, 0.15) is 5.37 Å². The largest absolute Gasteiger partial charge is 0.357 e. The van der Waals surface area contributed by atoms with Crippen molar-refractivity contribution < 1.29 is 0 Å². The molecule has 0 fully saturated rings. The van der Waals surface area contributed by atoms with Crippen LogP contribution in [0.2, 0.25) is 0 Å². The number of fused-ring (bicyclic) bond motifs is 12. The van der Waals surface area contributed by atoms with Crippen LogP contribution in [0, 0.1) is 0 Å². The average Bonchev–Trinajstić information content (AvgIpc) is 3.69. The third-order valence-electron chi connectivity index (χ3n) is 10.5. The Morgan fingerprint density at radius 1 is 0.609 bits per heavy atom. The fourth-order valence-electron chi connectivity index (χ4n) is 8.50. The molecule has 0 saturated carbocycles. The Kier molecular flexibility index (Phi) is 5.29. The van der Waals surface area contributed by atoms with E-state index in [0.717, 1.165) is 0 Å². The first-order chi connectivity index (χ1) is 22.5. The van der Waals surface area contributed by atoms with Crippen molar-refractivity contribution in [3.63, 3.8) is 0 Å². The van der Waals surface area contributed by atoms with Crippen LogP contribution in [0.25, 0.3) is 60.2 Å². The molecule has 1 aromatic heterocycles. The number of hydrogen-bond donors (Lipinski definition) is 0. The standard InChI is InChI=1S/C43H32N2S/c1-43(2)34-25-32-28(19-18-26-20-23-37-41(38(26)32)44(3)42(46-37)27-12-6-4-7-13-27)24-33(34)30-21-22-36-39(40(30)43)31-16-10-11-17-35(31)45(36)29-14-8-5-9-15-29/h4-25,42H,1-3H3. The summed E-state index contributed by atoms with van der Waals surface area (Å²) < 4.78 is 2.44. The molecule has 0 radical (unpaired) electrons. The molecule has 0 spiro atoms. The van der Waals surface area contributed by atoms with Gasteiger partial charge >= 0.3 is 0 Å². The summed E-state index contributed by atoms with van der Waals surface area (Å²) in [5.41, 5.74) is 11.8. The Bertz CT molecular complexity index is 2540. The molecule has 0 saturated heterocycles. The predicted molar refractivity (Wildman–Crippen MR) is 197 cm³/mol. The topological polar surface area (TPSA) is 8.17 Å². The molecule has 46 heavy (non-hydrogen) atoms. The molecule has 0 amide bonds. The van der Waals surface area contributed by atoms with Crippen LogP contribution in [-0.2, 0) is 5.41 Å². The summed E-state index contributed by atoms with van der Waals surface area (Å²) in [5, 5.41) is 8.27. The molecule has 2 heterocycles. The number of nitrogens with zero attached hydrogens (tertiary/aromatic N) is 2. The van der Waals surface area contributed by atoms with Gasteiger partial charge in [0.05, 0.1) is 16.7 Å². The van der Waals surface area contributed by atoms with Crippen molar-refractivity contribution in [1.29, 1.82) is 0 Å². The Morgan fingerprint density at radius 3 is 2.15 bits per heavy atom. The molecule has 7 aromatic carbocycles. The van der Waals surface area contributed by atoms with Crippen molar-refractivity contribution in [2.45, 2.75) is 29.5 Å². The van der Waals surface area contributed by atoms with E-state index in [4.69, 9.17) is 0 Å². The van der Waals surface area contributed by atoms with Gasteiger partial charge in [-0.25, -0.2) is 0 Å². The minimum atomic E-state index is -0.169. The molecule has 1 aliphatic heterocycles. The zero-order valence-electron chi connectivity index (χ0n) is 26.1. The van der Waals surface area contributed by atoms with Crippen LogP contribution in [0.1, 0.15) is 35.9 Å². The maximum Gasteiger partial charge on any atom is 0.105 e. The van der Waals surface area contributed by atoms with Gasteiger partial charge in [-0.05, 0) is 86.4 Å². The third-order valence-corrected chi connectivity index (χ3v) is 11.9. The number of rotatable bonds is 2. The van der Waals surface area contributed by atoms with E-state index in [9.17, 15) is 0 Å². The molecule has 0 bridgehead atoms. The van der Waals surface area contributed by atoms with E-state index in [-0.39, 0.29) is 10.8 Å². The third kappa shape index (κ3) is 3.39. The maximum absolute atomic E-state index is 2.53. The van der Waals surface area contributed by atoms with Crippen LogP contribution < -0.4 is 4.90 Å². The van der Waals surface area contributed by atoms with E-state index in [2.05, 4.69) is 164 Å². The predicted octanol–water partition coefficient (Wildman–Crippen LogP) is 11.6. The molecule has 10 rings (SSSR count). The van der Waals surface area contributed by atoms with Gasteiger partial charge in [0.2, 0.25) is 0 Å². The van der Waals surface area contributed by atoms with Crippen molar-refractivity contribution in [3.8, 4) is 16.8 Å². The number of benzene rings is 7. The lowest BCUT2D eigenvalue weighted by Crippen LogP contribution is -2.17. The number of anilines is 1. The second-order valence-corrected chi connectivity index (χ2v) is 14.5. The minimum Gasteiger partial charge on any atom is -0.357 e. The normalized spacial score (nSPS) is 16.4. The van der Waals surface area contributed by atoms with Crippen molar-refractivity contribution in [1.82, 2.24) is 4.57 Å². The van der Waals surface area contributed by atoms with Crippen LogP contribution in [-0.4, -0.2) is 11.6 Å². The fourth-order valence-corrected chi connectivity index (χ4v) is 9.80. The Hall–Kier alpha value is -4.99. The van der Waals surface area contributed by atoms with Gasteiger partial charge in [-0.1, -0.05) is 117 Å². The average molecular weight is 609 g/mol. The molecule has 2 aliphatic rings. The lowest BCUT2D eigenvalue weighted by Gasteiger charge is -2.25. The number of hydrogen-bond acceptors (Lipinski definition) is 2. The zero-order chi connectivity index (χ0) is 30.7. The first-order valence-electron chi connectivity index (χ1n) is 16.1. The van der Waals surface area contributed by atoms with Crippen LogP contribution in [0.4, 0.5) is 5.69 Å². The highest BCUT2D eigenvalue weighted by Gasteiger charge is 2.39. The summed E-state index contributed by atoms with van der Waals surface area (Å²) in [6.07, 6.45) is 0. The summed E-state index contributed by atoms with van der Waals surface area (Å²) in [5.74, 6) is 0. The first-order valence-corrected chi connectivity index (χ1v) is 17.0. The highest BCUT2D eigenvalue weighted by Crippen LogP contribution is 2.57. The van der Waals surface area contributed by atoms with E-state index in [1.165, 1.54) is 87.4 Å². The van der Waals surface area contributed by atoms with Gasteiger partial charge in [-0.2, -0.15) is 0 Å². The molecular formula is C43H32N2S. The SMILES string of the molecule is CN1c2c(ccc3ccc4cc5c(cc4c23)C(C)(C)c2c-5ccc3c2c2ccccc2n3-c2ccccc2)SC1c1ccccc1. The van der Waals surface area contributed by atoms with Crippen molar-refractivity contribution in [3.05, 3.63) is 150 Å². The van der Waals surface area contributed by atoms with E-state index in [0.29, 0.717) is 0 Å². The number of aromatic nitrogens is 1.